The van der Waals surface area contributed by atoms with Crippen LogP contribution in [-0.2, 0) is 9.53 Å². The SMILES string of the molecule is C[C@@H]1CNC[C@H](C)N1C(=O)C1COC1. The monoisotopic (exact) mass is 198 g/mol. The molecule has 0 bridgehead atoms. The largest absolute Gasteiger partial charge is 0.380 e. The van der Waals surface area contributed by atoms with Gasteiger partial charge in [-0.2, -0.15) is 0 Å². The highest BCUT2D eigenvalue weighted by atomic mass is 16.5. The Morgan fingerprint density at radius 3 is 2.29 bits per heavy atom. The van der Waals surface area contributed by atoms with Gasteiger partial charge in [0.15, 0.2) is 0 Å². The van der Waals surface area contributed by atoms with E-state index in [4.69, 9.17) is 4.74 Å². The van der Waals surface area contributed by atoms with E-state index in [-0.39, 0.29) is 11.8 Å². The molecule has 2 rings (SSSR count). The van der Waals surface area contributed by atoms with Crippen LogP contribution in [0.5, 0.6) is 0 Å². The summed E-state index contributed by atoms with van der Waals surface area (Å²) in [5.41, 5.74) is 0. The predicted molar refractivity (Wildman–Crippen MR) is 52.9 cm³/mol. The number of carbonyl (C=O) groups excluding carboxylic acids is 1. The van der Waals surface area contributed by atoms with Crippen molar-refractivity contribution < 1.29 is 9.53 Å². The molecule has 1 N–H and O–H groups in total. The highest BCUT2D eigenvalue weighted by molar-refractivity contribution is 5.80. The van der Waals surface area contributed by atoms with Gasteiger partial charge in [0.2, 0.25) is 5.91 Å². The molecule has 2 aliphatic rings. The summed E-state index contributed by atoms with van der Waals surface area (Å²) >= 11 is 0. The highest BCUT2D eigenvalue weighted by Crippen LogP contribution is 2.19. The standard InChI is InChI=1S/C10H18N2O2/c1-7-3-11-4-8(2)12(7)10(13)9-5-14-6-9/h7-9,11H,3-6H2,1-2H3/t7-,8+. The number of rotatable bonds is 1. The van der Waals surface area contributed by atoms with Gasteiger partial charge in [-0.3, -0.25) is 4.79 Å². The van der Waals surface area contributed by atoms with Crippen LogP contribution in [0.15, 0.2) is 0 Å². The van der Waals surface area contributed by atoms with E-state index in [1.54, 1.807) is 0 Å². The van der Waals surface area contributed by atoms with Crippen LogP contribution < -0.4 is 5.32 Å². The van der Waals surface area contributed by atoms with Gasteiger partial charge in [0.25, 0.3) is 0 Å². The minimum absolute atomic E-state index is 0.123. The summed E-state index contributed by atoms with van der Waals surface area (Å²) in [4.78, 5) is 14.0. The summed E-state index contributed by atoms with van der Waals surface area (Å²) in [7, 11) is 0. The van der Waals surface area contributed by atoms with Crippen molar-refractivity contribution in [3.8, 4) is 0 Å². The van der Waals surface area contributed by atoms with Gasteiger partial charge in [-0.05, 0) is 13.8 Å². The zero-order chi connectivity index (χ0) is 10.1. The van der Waals surface area contributed by atoms with E-state index in [1.807, 2.05) is 4.90 Å². The average Bonchev–Trinajstić information content (AvgIpc) is 2.00. The maximum Gasteiger partial charge on any atom is 0.230 e. The third-order valence-electron chi connectivity index (χ3n) is 3.07. The number of nitrogens with one attached hydrogen (secondary N) is 1. The van der Waals surface area contributed by atoms with Crippen molar-refractivity contribution in [2.45, 2.75) is 25.9 Å². The summed E-state index contributed by atoms with van der Waals surface area (Å²) in [6.45, 7) is 7.23. The molecule has 2 saturated heterocycles. The molecular formula is C10H18N2O2. The summed E-state index contributed by atoms with van der Waals surface area (Å²) in [6, 6.07) is 0.624. The van der Waals surface area contributed by atoms with Crippen molar-refractivity contribution in [3.05, 3.63) is 0 Å². The van der Waals surface area contributed by atoms with Crippen LogP contribution in [0.4, 0.5) is 0 Å². The number of carbonyl (C=O) groups is 1. The molecule has 0 unspecified atom stereocenters. The van der Waals surface area contributed by atoms with Gasteiger partial charge in [-0.15, -0.1) is 0 Å². The Morgan fingerprint density at radius 1 is 1.29 bits per heavy atom. The molecule has 1 amide bonds. The maximum atomic E-state index is 12.0. The lowest BCUT2D eigenvalue weighted by atomic mass is 10.0. The topological polar surface area (TPSA) is 41.6 Å². The summed E-state index contributed by atoms with van der Waals surface area (Å²) in [5, 5.41) is 3.32. The van der Waals surface area contributed by atoms with E-state index in [1.165, 1.54) is 0 Å². The lowest BCUT2D eigenvalue weighted by Gasteiger charge is -2.42. The molecule has 0 saturated carbocycles. The Hall–Kier alpha value is -0.610. The average molecular weight is 198 g/mol. The van der Waals surface area contributed by atoms with Gasteiger partial charge in [0.05, 0.1) is 19.1 Å². The van der Waals surface area contributed by atoms with Crippen LogP contribution in [0.25, 0.3) is 0 Å². The predicted octanol–water partition coefficient (Wildman–Crippen LogP) is -0.158. The maximum absolute atomic E-state index is 12.0. The van der Waals surface area contributed by atoms with Crippen LogP contribution in [0.1, 0.15) is 13.8 Å². The minimum atomic E-state index is 0.123. The van der Waals surface area contributed by atoms with E-state index in [0.29, 0.717) is 25.3 Å². The molecule has 0 aliphatic carbocycles. The van der Waals surface area contributed by atoms with E-state index in [2.05, 4.69) is 19.2 Å². The number of hydrogen-bond donors (Lipinski definition) is 1. The van der Waals surface area contributed by atoms with Crippen LogP contribution in [0.3, 0.4) is 0 Å². The first-order chi connectivity index (χ1) is 6.70. The van der Waals surface area contributed by atoms with Crippen LogP contribution in [0.2, 0.25) is 0 Å². The molecule has 14 heavy (non-hydrogen) atoms. The van der Waals surface area contributed by atoms with Gasteiger partial charge >= 0.3 is 0 Å². The van der Waals surface area contributed by atoms with Gasteiger partial charge in [0.1, 0.15) is 0 Å². The summed E-state index contributed by atoms with van der Waals surface area (Å²) < 4.78 is 5.05. The highest BCUT2D eigenvalue weighted by Gasteiger charge is 2.36. The van der Waals surface area contributed by atoms with E-state index >= 15 is 0 Å². The Balaban J connectivity index is 2.01. The molecule has 0 radical (unpaired) electrons. The van der Waals surface area contributed by atoms with Crippen LogP contribution >= 0.6 is 0 Å². The zero-order valence-corrected chi connectivity index (χ0v) is 8.82. The first-order valence-electron chi connectivity index (χ1n) is 5.30. The molecule has 2 aliphatic heterocycles. The summed E-state index contributed by atoms with van der Waals surface area (Å²) in [5.74, 6) is 0.399. The van der Waals surface area contributed by atoms with Crippen molar-refractivity contribution in [1.82, 2.24) is 10.2 Å². The molecular weight excluding hydrogens is 180 g/mol. The zero-order valence-electron chi connectivity index (χ0n) is 8.82. The molecule has 2 atom stereocenters. The van der Waals surface area contributed by atoms with Gasteiger partial charge in [-0.1, -0.05) is 0 Å². The fraction of sp³-hybridized carbons (Fsp3) is 0.900. The molecule has 80 valence electrons. The van der Waals surface area contributed by atoms with Crippen molar-refractivity contribution in [2.24, 2.45) is 5.92 Å². The number of hydrogen-bond acceptors (Lipinski definition) is 3. The molecule has 0 aromatic heterocycles. The van der Waals surface area contributed by atoms with Crippen molar-refractivity contribution in [2.75, 3.05) is 26.3 Å². The lowest BCUT2D eigenvalue weighted by molar-refractivity contribution is -0.155. The fourth-order valence-electron chi connectivity index (χ4n) is 2.16. The van der Waals surface area contributed by atoms with Crippen LogP contribution in [-0.4, -0.2) is 49.2 Å². The lowest BCUT2D eigenvalue weighted by Crippen LogP contribution is -2.60. The number of piperazine rings is 1. The summed E-state index contributed by atoms with van der Waals surface area (Å²) in [6.07, 6.45) is 0. The molecule has 2 fully saturated rings. The molecule has 0 spiro atoms. The van der Waals surface area contributed by atoms with Gasteiger partial charge < -0.3 is 15.0 Å². The van der Waals surface area contributed by atoms with Crippen molar-refractivity contribution in [3.63, 3.8) is 0 Å². The van der Waals surface area contributed by atoms with E-state index < -0.39 is 0 Å². The molecule has 0 aromatic carbocycles. The van der Waals surface area contributed by atoms with Crippen LogP contribution in [0, 0.1) is 5.92 Å². The molecule has 4 nitrogen and oxygen atoms in total. The normalized spacial score (nSPS) is 34.0. The Kier molecular flexibility index (Phi) is 2.74. The smallest absolute Gasteiger partial charge is 0.230 e. The first-order valence-corrected chi connectivity index (χ1v) is 5.30. The first kappa shape index (κ1) is 9.93. The molecule has 4 heteroatoms. The van der Waals surface area contributed by atoms with Crippen molar-refractivity contribution in [1.29, 1.82) is 0 Å². The second-order valence-corrected chi connectivity index (χ2v) is 4.34. The quantitative estimate of drug-likeness (QED) is 0.636. The fourth-order valence-corrected chi connectivity index (χ4v) is 2.16. The minimum Gasteiger partial charge on any atom is -0.380 e. The third-order valence-corrected chi connectivity index (χ3v) is 3.07. The second-order valence-electron chi connectivity index (χ2n) is 4.34. The Bertz CT molecular complexity index is 218. The third kappa shape index (κ3) is 1.64. The van der Waals surface area contributed by atoms with E-state index in [0.717, 1.165) is 13.1 Å². The van der Waals surface area contributed by atoms with Gasteiger partial charge in [-0.25, -0.2) is 0 Å². The van der Waals surface area contributed by atoms with E-state index in [9.17, 15) is 4.79 Å². The number of ether oxygens (including phenoxy) is 1. The Morgan fingerprint density at radius 2 is 1.86 bits per heavy atom. The Labute approximate surface area is 84.6 Å². The molecule has 0 aromatic rings. The molecule has 2 heterocycles. The number of nitrogens with zero attached hydrogens (tertiary/aromatic N) is 1. The van der Waals surface area contributed by atoms with Gasteiger partial charge in [0, 0.05) is 25.2 Å². The second kappa shape index (κ2) is 3.87. The number of amides is 1. The van der Waals surface area contributed by atoms with Crippen molar-refractivity contribution >= 4 is 5.91 Å².